The molecule has 0 N–H and O–H groups in total. The summed E-state index contributed by atoms with van der Waals surface area (Å²) >= 11 is 11.7. The van der Waals surface area contributed by atoms with Crippen LogP contribution in [-0.4, -0.2) is 9.38 Å². The third kappa shape index (κ3) is 1.52. The van der Waals surface area contributed by atoms with Gasteiger partial charge in [0.1, 0.15) is 0 Å². The van der Waals surface area contributed by atoms with E-state index in [0.717, 1.165) is 16.9 Å². The molecule has 68 valence electrons. The van der Waals surface area contributed by atoms with E-state index in [2.05, 4.69) is 4.98 Å². The van der Waals surface area contributed by atoms with E-state index in [9.17, 15) is 0 Å². The molecule has 0 spiro atoms. The van der Waals surface area contributed by atoms with Gasteiger partial charge in [0.05, 0.1) is 16.6 Å². The Kier molecular flexibility index (Phi) is 2.18. The highest BCUT2D eigenvalue weighted by molar-refractivity contribution is 6.33. The predicted molar refractivity (Wildman–Crippen MR) is 54.5 cm³/mol. The van der Waals surface area contributed by atoms with Crippen molar-refractivity contribution in [3.63, 3.8) is 0 Å². The average molecular weight is 215 g/mol. The van der Waals surface area contributed by atoms with Crippen LogP contribution in [-0.2, 0) is 5.88 Å². The molecular formula is C9H8Cl2N2. The lowest BCUT2D eigenvalue weighted by Gasteiger charge is -1.97. The van der Waals surface area contributed by atoms with Gasteiger partial charge in [-0.15, -0.1) is 11.6 Å². The smallest absolute Gasteiger partial charge is 0.155 e. The molecule has 4 heteroatoms. The van der Waals surface area contributed by atoms with Crippen molar-refractivity contribution in [3.05, 3.63) is 34.7 Å². The van der Waals surface area contributed by atoms with Gasteiger partial charge < -0.3 is 4.40 Å². The lowest BCUT2D eigenvalue weighted by atomic mass is 10.3. The standard InChI is InChI=1S/C9H8Cl2N2/c1-6-2-8(11)9-12-7(3-10)5-13(9)4-6/h2,4-5H,3H2,1H3. The molecule has 0 bridgehead atoms. The highest BCUT2D eigenvalue weighted by Gasteiger charge is 2.04. The van der Waals surface area contributed by atoms with E-state index < -0.39 is 0 Å². The molecule has 0 aliphatic carbocycles. The number of aryl methyl sites for hydroxylation is 1. The minimum atomic E-state index is 0.414. The summed E-state index contributed by atoms with van der Waals surface area (Å²) in [6.07, 6.45) is 3.87. The molecule has 0 aromatic carbocycles. The van der Waals surface area contributed by atoms with E-state index in [0.29, 0.717) is 10.9 Å². The van der Waals surface area contributed by atoms with Gasteiger partial charge in [0.25, 0.3) is 0 Å². The van der Waals surface area contributed by atoms with Gasteiger partial charge >= 0.3 is 0 Å². The van der Waals surface area contributed by atoms with Gasteiger partial charge in [0, 0.05) is 12.4 Å². The number of hydrogen-bond acceptors (Lipinski definition) is 1. The van der Waals surface area contributed by atoms with Crippen LogP contribution in [0.2, 0.25) is 5.02 Å². The van der Waals surface area contributed by atoms with Gasteiger partial charge in [0.15, 0.2) is 5.65 Å². The Hall–Kier alpha value is -0.730. The Balaban J connectivity index is 2.75. The van der Waals surface area contributed by atoms with E-state index in [1.165, 1.54) is 0 Å². The minimum Gasteiger partial charge on any atom is -0.305 e. The number of alkyl halides is 1. The molecule has 0 unspecified atom stereocenters. The first-order valence-corrected chi connectivity index (χ1v) is 4.81. The maximum Gasteiger partial charge on any atom is 0.155 e. The fraction of sp³-hybridized carbons (Fsp3) is 0.222. The van der Waals surface area contributed by atoms with Gasteiger partial charge in [-0.25, -0.2) is 4.98 Å². The molecule has 0 saturated carbocycles. The molecule has 2 aromatic heterocycles. The highest BCUT2D eigenvalue weighted by Crippen LogP contribution is 2.19. The highest BCUT2D eigenvalue weighted by atomic mass is 35.5. The molecule has 0 amide bonds. The van der Waals surface area contributed by atoms with E-state index in [1.807, 2.05) is 29.8 Å². The van der Waals surface area contributed by atoms with Crippen LogP contribution >= 0.6 is 23.2 Å². The fourth-order valence-electron chi connectivity index (χ4n) is 1.30. The third-order valence-corrected chi connectivity index (χ3v) is 2.38. The van der Waals surface area contributed by atoms with Crippen LogP contribution in [0.15, 0.2) is 18.5 Å². The lowest BCUT2D eigenvalue weighted by molar-refractivity contribution is 1.15. The quantitative estimate of drug-likeness (QED) is 0.668. The van der Waals surface area contributed by atoms with Gasteiger partial charge in [-0.05, 0) is 18.6 Å². The van der Waals surface area contributed by atoms with Crippen molar-refractivity contribution in [2.45, 2.75) is 12.8 Å². The maximum absolute atomic E-state index is 6.01. The van der Waals surface area contributed by atoms with E-state index in [-0.39, 0.29) is 0 Å². The first kappa shape index (κ1) is 8.85. The topological polar surface area (TPSA) is 17.3 Å². The number of aromatic nitrogens is 2. The van der Waals surface area contributed by atoms with Gasteiger partial charge in [0.2, 0.25) is 0 Å². The molecule has 13 heavy (non-hydrogen) atoms. The minimum absolute atomic E-state index is 0.414. The summed E-state index contributed by atoms with van der Waals surface area (Å²) in [4.78, 5) is 4.27. The van der Waals surface area contributed by atoms with Crippen molar-refractivity contribution in [2.75, 3.05) is 0 Å². The van der Waals surface area contributed by atoms with Crippen LogP contribution < -0.4 is 0 Å². The fourth-order valence-corrected chi connectivity index (χ4v) is 1.75. The molecule has 2 nitrogen and oxygen atoms in total. The molecule has 0 radical (unpaired) electrons. The van der Waals surface area contributed by atoms with Crippen LogP contribution in [0, 0.1) is 6.92 Å². The Morgan fingerprint density at radius 3 is 2.92 bits per heavy atom. The number of rotatable bonds is 1. The van der Waals surface area contributed by atoms with Crippen LogP contribution in [0.1, 0.15) is 11.3 Å². The molecule has 2 heterocycles. The molecule has 2 aromatic rings. The number of pyridine rings is 1. The zero-order valence-electron chi connectivity index (χ0n) is 7.09. The second kappa shape index (κ2) is 3.20. The van der Waals surface area contributed by atoms with Crippen LogP contribution in [0.3, 0.4) is 0 Å². The predicted octanol–water partition coefficient (Wildman–Crippen LogP) is 3.03. The van der Waals surface area contributed by atoms with Gasteiger partial charge in [-0.1, -0.05) is 11.6 Å². The molecule has 0 fully saturated rings. The molecule has 0 saturated heterocycles. The van der Waals surface area contributed by atoms with Crippen LogP contribution in [0.25, 0.3) is 5.65 Å². The summed E-state index contributed by atoms with van der Waals surface area (Å²) in [5.41, 5.74) is 2.72. The molecule has 2 rings (SSSR count). The lowest BCUT2D eigenvalue weighted by Crippen LogP contribution is -1.85. The van der Waals surface area contributed by atoms with Crippen LogP contribution in [0.4, 0.5) is 0 Å². The summed E-state index contributed by atoms with van der Waals surface area (Å²) in [5, 5.41) is 0.663. The molecular weight excluding hydrogens is 207 g/mol. The summed E-state index contributed by atoms with van der Waals surface area (Å²) in [5.74, 6) is 0.414. The second-order valence-electron chi connectivity index (χ2n) is 2.96. The van der Waals surface area contributed by atoms with Crippen molar-refractivity contribution in [1.29, 1.82) is 0 Å². The van der Waals surface area contributed by atoms with Gasteiger partial charge in [-0.3, -0.25) is 0 Å². The van der Waals surface area contributed by atoms with Crippen molar-refractivity contribution in [1.82, 2.24) is 9.38 Å². The van der Waals surface area contributed by atoms with Crippen molar-refractivity contribution in [2.24, 2.45) is 0 Å². The number of hydrogen-bond donors (Lipinski definition) is 0. The largest absolute Gasteiger partial charge is 0.305 e. The van der Waals surface area contributed by atoms with Crippen molar-refractivity contribution >= 4 is 28.8 Å². The van der Waals surface area contributed by atoms with E-state index >= 15 is 0 Å². The normalized spacial score (nSPS) is 11.0. The zero-order chi connectivity index (χ0) is 9.42. The summed E-state index contributed by atoms with van der Waals surface area (Å²) < 4.78 is 1.90. The SMILES string of the molecule is Cc1cc(Cl)c2nc(CCl)cn2c1. The summed E-state index contributed by atoms with van der Waals surface area (Å²) in [7, 11) is 0. The molecule has 0 atom stereocenters. The number of nitrogens with zero attached hydrogens (tertiary/aromatic N) is 2. The average Bonchev–Trinajstić information content (AvgIpc) is 2.47. The first-order chi connectivity index (χ1) is 6.20. The Bertz CT molecular complexity index is 448. The monoisotopic (exact) mass is 214 g/mol. The van der Waals surface area contributed by atoms with Crippen molar-refractivity contribution < 1.29 is 0 Å². The Morgan fingerprint density at radius 1 is 1.46 bits per heavy atom. The molecule has 0 aliphatic heterocycles. The summed E-state index contributed by atoms with van der Waals surface area (Å²) in [6.45, 7) is 1.99. The van der Waals surface area contributed by atoms with E-state index in [1.54, 1.807) is 0 Å². The van der Waals surface area contributed by atoms with Crippen LogP contribution in [0.5, 0.6) is 0 Å². The van der Waals surface area contributed by atoms with E-state index in [4.69, 9.17) is 23.2 Å². The third-order valence-electron chi connectivity index (χ3n) is 1.83. The Morgan fingerprint density at radius 2 is 2.23 bits per heavy atom. The maximum atomic E-state index is 6.01. The number of fused-ring (bicyclic) bond motifs is 1. The molecule has 0 aliphatic rings. The Labute approximate surface area is 86.1 Å². The summed E-state index contributed by atoms with van der Waals surface area (Å²) in [6, 6.07) is 1.89. The zero-order valence-corrected chi connectivity index (χ0v) is 8.60. The second-order valence-corrected chi connectivity index (χ2v) is 3.64. The van der Waals surface area contributed by atoms with Crippen molar-refractivity contribution in [3.8, 4) is 0 Å². The first-order valence-electron chi connectivity index (χ1n) is 3.90. The number of halogens is 2. The van der Waals surface area contributed by atoms with Gasteiger partial charge in [-0.2, -0.15) is 0 Å². The number of imidazole rings is 1.